The molecule has 2 saturated heterocycles. The second kappa shape index (κ2) is 7.96. The fraction of sp³-hybridized carbons (Fsp3) is 0.933. The molecule has 0 radical (unpaired) electrons. The molecule has 2 aliphatic rings. The number of aliphatic hydroxyl groups is 1. The molecule has 6 nitrogen and oxygen atoms in total. The van der Waals surface area contributed by atoms with Crippen LogP contribution in [0.4, 0.5) is 4.79 Å². The first-order valence-electron chi connectivity index (χ1n) is 8.15. The summed E-state index contributed by atoms with van der Waals surface area (Å²) >= 11 is 0. The largest absolute Gasteiger partial charge is 0.394 e. The van der Waals surface area contributed by atoms with E-state index in [0.717, 1.165) is 58.4 Å². The summed E-state index contributed by atoms with van der Waals surface area (Å²) in [4.78, 5) is 18.7. The molecule has 6 heteroatoms. The molecular weight excluding hydrogens is 268 g/mol. The Labute approximate surface area is 128 Å². The van der Waals surface area contributed by atoms with Gasteiger partial charge in [0.1, 0.15) is 0 Å². The highest BCUT2D eigenvalue weighted by Crippen LogP contribution is 2.17. The summed E-state index contributed by atoms with van der Waals surface area (Å²) < 4.78 is 0. The topological polar surface area (TPSA) is 59.0 Å². The Hall–Kier alpha value is -0.850. The maximum Gasteiger partial charge on any atom is 0.317 e. The maximum atomic E-state index is 12.3. The van der Waals surface area contributed by atoms with Crippen LogP contribution in [0.5, 0.6) is 0 Å². The average Bonchev–Trinajstić information content (AvgIpc) is 2.95. The monoisotopic (exact) mass is 298 g/mol. The molecule has 2 amide bonds. The quantitative estimate of drug-likeness (QED) is 0.760. The number of piperidine rings is 1. The van der Waals surface area contributed by atoms with E-state index in [0.29, 0.717) is 0 Å². The number of nitrogens with zero attached hydrogens (tertiary/aromatic N) is 3. The van der Waals surface area contributed by atoms with E-state index in [-0.39, 0.29) is 24.7 Å². The maximum absolute atomic E-state index is 12.3. The highest BCUT2D eigenvalue weighted by Gasteiger charge is 2.30. The molecule has 0 saturated carbocycles. The van der Waals surface area contributed by atoms with Crippen LogP contribution in [0.25, 0.3) is 0 Å². The van der Waals surface area contributed by atoms with E-state index >= 15 is 0 Å². The third kappa shape index (κ3) is 4.83. The molecule has 0 aromatic heterocycles. The molecule has 0 spiro atoms. The third-order valence-electron chi connectivity index (χ3n) is 4.63. The molecule has 2 rings (SSSR count). The minimum atomic E-state index is 0.0123. The molecule has 2 aliphatic heterocycles. The Morgan fingerprint density at radius 1 is 1.24 bits per heavy atom. The van der Waals surface area contributed by atoms with Crippen LogP contribution in [0.1, 0.15) is 25.7 Å². The predicted molar refractivity (Wildman–Crippen MR) is 83.4 cm³/mol. The molecule has 21 heavy (non-hydrogen) atoms. The lowest BCUT2D eigenvalue weighted by Gasteiger charge is -2.34. The van der Waals surface area contributed by atoms with Crippen molar-refractivity contribution in [3.8, 4) is 0 Å². The fourth-order valence-electron chi connectivity index (χ4n) is 3.19. The molecule has 0 unspecified atom stereocenters. The summed E-state index contributed by atoms with van der Waals surface area (Å²) in [6, 6.07) is 0.316. The van der Waals surface area contributed by atoms with Gasteiger partial charge >= 0.3 is 6.03 Å². The number of likely N-dealkylation sites (tertiary alicyclic amines) is 2. The molecule has 2 N–H and O–H groups in total. The van der Waals surface area contributed by atoms with Crippen molar-refractivity contribution in [3.05, 3.63) is 0 Å². The number of amides is 2. The van der Waals surface area contributed by atoms with Crippen molar-refractivity contribution < 1.29 is 9.90 Å². The van der Waals surface area contributed by atoms with E-state index in [2.05, 4.69) is 29.2 Å². The number of urea groups is 1. The van der Waals surface area contributed by atoms with Crippen LogP contribution >= 0.6 is 0 Å². The zero-order valence-corrected chi connectivity index (χ0v) is 13.4. The first-order valence-corrected chi connectivity index (χ1v) is 8.15. The van der Waals surface area contributed by atoms with Crippen LogP contribution in [-0.2, 0) is 0 Å². The Bertz CT molecular complexity index is 330. The number of likely N-dealkylation sites (N-methyl/N-ethyl adjacent to an activating group) is 1. The van der Waals surface area contributed by atoms with Crippen molar-refractivity contribution in [1.29, 1.82) is 0 Å². The molecule has 0 aromatic carbocycles. The van der Waals surface area contributed by atoms with E-state index in [4.69, 9.17) is 0 Å². The number of nitrogens with one attached hydrogen (secondary N) is 1. The highest BCUT2D eigenvalue weighted by atomic mass is 16.3. The predicted octanol–water partition coefficient (Wildman–Crippen LogP) is 0.179. The lowest BCUT2D eigenvalue weighted by molar-refractivity contribution is 0.144. The number of carbonyl (C=O) groups is 1. The third-order valence-corrected chi connectivity index (χ3v) is 4.63. The molecular formula is C15H30N4O2. The van der Waals surface area contributed by atoms with E-state index in [1.165, 1.54) is 0 Å². The number of carbonyl (C=O) groups excluding carboxylic acids is 1. The lowest BCUT2D eigenvalue weighted by Crippen LogP contribution is -2.51. The van der Waals surface area contributed by atoms with Crippen molar-refractivity contribution in [3.63, 3.8) is 0 Å². The van der Waals surface area contributed by atoms with E-state index in [1.807, 2.05) is 0 Å². The van der Waals surface area contributed by atoms with Gasteiger partial charge in [-0.1, -0.05) is 0 Å². The van der Waals surface area contributed by atoms with Crippen molar-refractivity contribution in [1.82, 2.24) is 20.0 Å². The minimum Gasteiger partial charge on any atom is -0.394 e. The molecule has 0 aromatic rings. The smallest absolute Gasteiger partial charge is 0.317 e. The summed E-state index contributed by atoms with van der Waals surface area (Å²) in [5, 5.41) is 12.4. The van der Waals surface area contributed by atoms with E-state index in [9.17, 15) is 9.90 Å². The molecule has 2 fully saturated rings. The summed E-state index contributed by atoms with van der Waals surface area (Å²) in [6.45, 7) is 5.16. The van der Waals surface area contributed by atoms with Crippen LogP contribution in [0.3, 0.4) is 0 Å². The van der Waals surface area contributed by atoms with E-state index < -0.39 is 0 Å². The molecule has 2 heterocycles. The normalized spacial score (nSPS) is 24.8. The van der Waals surface area contributed by atoms with Crippen molar-refractivity contribution in [2.45, 2.75) is 37.8 Å². The standard InChI is InChI=1S/C15H30N4O2/c1-17(2)10-11-18-8-5-13(6-9-18)16-15(21)19-7-3-4-14(19)12-20/h13-14,20H,3-12H2,1-2H3,(H,16,21)/t14-/m0/s1. The van der Waals surface area contributed by atoms with Crippen LogP contribution in [0.15, 0.2) is 0 Å². The van der Waals surface area contributed by atoms with Gasteiger partial charge in [0.05, 0.1) is 12.6 Å². The molecule has 122 valence electrons. The van der Waals surface area contributed by atoms with Crippen LogP contribution in [0.2, 0.25) is 0 Å². The fourth-order valence-corrected chi connectivity index (χ4v) is 3.19. The van der Waals surface area contributed by atoms with Gasteiger partial charge in [0.25, 0.3) is 0 Å². The minimum absolute atomic E-state index is 0.0123. The SMILES string of the molecule is CN(C)CCN1CCC(NC(=O)N2CCC[C@H]2CO)CC1. The second-order valence-corrected chi connectivity index (χ2v) is 6.54. The van der Waals surface area contributed by atoms with Crippen molar-refractivity contribution >= 4 is 6.03 Å². The Morgan fingerprint density at radius 3 is 2.57 bits per heavy atom. The van der Waals surface area contributed by atoms with Gasteiger partial charge in [-0.25, -0.2) is 4.79 Å². The van der Waals surface area contributed by atoms with Crippen molar-refractivity contribution in [2.75, 3.05) is 53.4 Å². The van der Waals surface area contributed by atoms with E-state index in [1.54, 1.807) is 4.90 Å². The number of rotatable bonds is 5. The molecule has 1 atom stereocenters. The van der Waals surface area contributed by atoms with Gasteiger partial charge in [0.15, 0.2) is 0 Å². The van der Waals surface area contributed by atoms with Crippen molar-refractivity contribution in [2.24, 2.45) is 0 Å². The summed E-state index contributed by atoms with van der Waals surface area (Å²) in [5.41, 5.74) is 0. The number of aliphatic hydroxyl groups excluding tert-OH is 1. The zero-order valence-electron chi connectivity index (χ0n) is 13.4. The van der Waals surface area contributed by atoms with Gasteiger partial charge in [-0.15, -0.1) is 0 Å². The molecule has 0 bridgehead atoms. The van der Waals surface area contributed by atoms with Gasteiger partial charge in [0, 0.05) is 38.8 Å². The Kier molecular flexibility index (Phi) is 6.26. The van der Waals surface area contributed by atoms with Gasteiger partial charge in [-0.3, -0.25) is 0 Å². The lowest BCUT2D eigenvalue weighted by atomic mass is 10.1. The summed E-state index contributed by atoms with van der Waals surface area (Å²) in [7, 11) is 4.20. The highest BCUT2D eigenvalue weighted by molar-refractivity contribution is 5.75. The van der Waals surface area contributed by atoms with Gasteiger partial charge in [-0.2, -0.15) is 0 Å². The number of hydrogen-bond acceptors (Lipinski definition) is 4. The van der Waals surface area contributed by atoms with Crippen LogP contribution < -0.4 is 5.32 Å². The second-order valence-electron chi connectivity index (χ2n) is 6.54. The van der Waals surface area contributed by atoms with Gasteiger partial charge < -0.3 is 25.1 Å². The first-order chi connectivity index (χ1) is 10.1. The molecule has 0 aliphatic carbocycles. The Morgan fingerprint density at radius 2 is 1.95 bits per heavy atom. The first kappa shape index (κ1) is 16.5. The summed E-state index contributed by atoms with van der Waals surface area (Å²) in [5.74, 6) is 0. The zero-order chi connectivity index (χ0) is 15.2. The van der Waals surface area contributed by atoms with Crippen LogP contribution in [0, 0.1) is 0 Å². The van der Waals surface area contributed by atoms with Gasteiger partial charge in [0.2, 0.25) is 0 Å². The Balaban J connectivity index is 1.69. The van der Waals surface area contributed by atoms with Gasteiger partial charge in [-0.05, 0) is 39.8 Å². The number of hydrogen-bond donors (Lipinski definition) is 2. The van der Waals surface area contributed by atoms with Crippen LogP contribution in [-0.4, -0.2) is 91.3 Å². The average molecular weight is 298 g/mol. The summed E-state index contributed by atoms with van der Waals surface area (Å²) in [6.07, 6.45) is 3.97.